The van der Waals surface area contributed by atoms with Gasteiger partial charge in [0.05, 0.1) is 11.1 Å². The quantitative estimate of drug-likeness (QED) is 0.655. The summed E-state index contributed by atoms with van der Waals surface area (Å²) in [7, 11) is 0. The van der Waals surface area contributed by atoms with Crippen LogP contribution in [0, 0.1) is 14.9 Å². The number of carbonyl (C=O) groups excluding carboxylic acids is 2. The molecule has 0 spiro atoms. The van der Waals surface area contributed by atoms with Crippen LogP contribution in [0.1, 0.15) is 26.3 Å². The van der Waals surface area contributed by atoms with Crippen molar-refractivity contribution in [3.63, 3.8) is 0 Å². The molecule has 0 bridgehead atoms. The van der Waals surface area contributed by atoms with Crippen molar-refractivity contribution in [1.29, 1.82) is 5.26 Å². The van der Waals surface area contributed by atoms with E-state index in [1.54, 1.807) is 0 Å². The van der Waals surface area contributed by atoms with Gasteiger partial charge in [0.1, 0.15) is 12.4 Å². The van der Waals surface area contributed by atoms with Crippen LogP contribution in [0.4, 0.5) is 0 Å². The van der Waals surface area contributed by atoms with Crippen molar-refractivity contribution in [2.75, 3.05) is 0 Å². The molecule has 0 aliphatic carbocycles. The molecular weight excluding hydrogens is 295 g/mol. The number of primary amides is 1. The van der Waals surface area contributed by atoms with Gasteiger partial charge in [0.25, 0.3) is 0 Å². The van der Waals surface area contributed by atoms with Gasteiger partial charge in [0.2, 0.25) is 5.91 Å². The Labute approximate surface area is 93.8 Å². The van der Waals surface area contributed by atoms with E-state index >= 15 is 0 Å². The van der Waals surface area contributed by atoms with Gasteiger partial charge in [-0.05, 0) is 34.7 Å². The van der Waals surface area contributed by atoms with Crippen molar-refractivity contribution >= 4 is 34.8 Å². The summed E-state index contributed by atoms with van der Waals surface area (Å²) in [6, 6.07) is 4.68. The van der Waals surface area contributed by atoms with Crippen LogP contribution in [0.2, 0.25) is 0 Å². The molecule has 0 aliphatic heterocycles. The summed E-state index contributed by atoms with van der Waals surface area (Å²) >= 11 is 1.85. The van der Waals surface area contributed by atoms with Gasteiger partial charge < -0.3 is 5.73 Å². The van der Waals surface area contributed by atoms with Gasteiger partial charge in [-0.1, -0.05) is 0 Å². The first-order valence-corrected chi connectivity index (χ1v) is 4.66. The fraction of sp³-hybridized carbons (Fsp3) is 0. The number of hydrogen-bond acceptors (Lipinski definition) is 3. The maximum atomic E-state index is 11.0. The third-order valence-corrected chi connectivity index (χ3v) is 2.78. The maximum absolute atomic E-state index is 11.0. The Morgan fingerprint density at radius 1 is 1.57 bits per heavy atom. The highest BCUT2D eigenvalue weighted by Gasteiger charge is 2.11. The van der Waals surface area contributed by atoms with E-state index in [-0.39, 0.29) is 16.7 Å². The molecule has 4 nitrogen and oxygen atoms in total. The van der Waals surface area contributed by atoms with Gasteiger partial charge in [0, 0.05) is 9.13 Å². The van der Waals surface area contributed by atoms with Crippen molar-refractivity contribution < 1.29 is 9.59 Å². The SMILES string of the molecule is N#Cc1cc(C=O)cc(C(N)=O)c1I. The molecule has 0 saturated carbocycles. The third kappa shape index (κ3) is 1.90. The lowest BCUT2D eigenvalue weighted by Gasteiger charge is -2.02. The Balaban J connectivity index is 3.51. The summed E-state index contributed by atoms with van der Waals surface area (Å²) in [6.07, 6.45) is 0.573. The molecule has 0 aliphatic rings. The number of benzene rings is 1. The molecule has 0 atom stereocenters. The molecular formula is C9H5IN2O2. The highest BCUT2D eigenvalue weighted by atomic mass is 127. The molecule has 1 aromatic carbocycles. The molecule has 1 amide bonds. The van der Waals surface area contributed by atoms with Crippen molar-refractivity contribution in [3.8, 4) is 6.07 Å². The fourth-order valence-electron chi connectivity index (χ4n) is 0.975. The average molecular weight is 300 g/mol. The summed E-state index contributed by atoms with van der Waals surface area (Å²) in [5.41, 5.74) is 5.85. The highest BCUT2D eigenvalue weighted by molar-refractivity contribution is 14.1. The lowest BCUT2D eigenvalue weighted by molar-refractivity contribution is 0.0999. The largest absolute Gasteiger partial charge is 0.366 e. The Morgan fingerprint density at radius 2 is 2.21 bits per heavy atom. The van der Waals surface area contributed by atoms with Crippen molar-refractivity contribution in [2.45, 2.75) is 0 Å². The van der Waals surface area contributed by atoms with Gasteiger partial charge in [-0.15, -0.1) is 0 Å². The van der Waals surface area contributed by atoms with Crippen LogP contribution in [-0.4, -0.2) is 12.2 Å². The summed E-state index contributed by atoms with van der Waals surface area (Å²) in [5, 5.41) is 8.72. The number of carbonyl (C=O) groups is 2. The summed E-state index contributed by atoms with van der Waals surface area (Å²) in [4.78, 5) is 21.4. The topological polar surface area (TPSA) is 83.9 Å². The lowest BCUT2D eigenvalue weighted by Crippen LogP contribution is -2.14. The van der Waals surface area contributed by atoms with Gasteiger partial charge in [-0.3, -0.25) is 9.59 Å². The Hall–Kier alpha value is -1.42. The number of hydrogen-bond donors (Lipinski definition) is 1. The van der Waals surface area contributed by atoms with Gasteiger partial charge in [0.15, 0.2) is 0 Å². The van der Waals surface area contributed by atoms with Gasteiger partial charge in [-0.25, -0.2) is 0 Å². The number of rotatable bonds is 2. The van der Waals surface area contributed by atoms with Crippen LogP contribution in [0.25, 0.3) is 0 Å². The molecule has 14 heavy (non-hydrogen) atoms. The molecule has 5 heteroatoms. The third-order valence-electron chi connectivity index (χ3n) is 1.62. The first kappa shape index (κ1) is 10.7. The van der Waals surface area contributed by atoms with E-state index in [0.29, 0.717) is 9.86 Å². The van der Waals surface area contributed by atoms with Crippen LogP contribution in [0.3, 0.4) is 0 Å². The molecule has 0 saturated heterocycles. The van der Waals surface area contributed by atoms with E-state index in [4.69, 9.17) is 11.0 Å². The van der Waals surface area contributed by atoms with Gasteiger partial charge in [-0.2, -0.15) is 5.26 Å². The van der Waals surface area contributed by atoms with Crippen LogP contribution in [-0.2, 0) is 0 Å². The molecule has 1 rings (SSSR count). The van der Waals surface area contributed by atoms with E-state index in [9.17, 15) is 9.59 Å². The second-order valence-corrected chi connectivity index (χ2v) is 3.60. The predicted molar refractivity (Wildman–Crippen MR) is 57.8 cm³/mol. The number of halogens is 1. The second kappa shape index (κ2) is 4.19. The van der Waals surface area contributed by atoms with Crippen molar-refractivity contribution in [2.24, 2.45) is 5.73 Å². The van der Waals surface area contributed by atoms with Crippen molar-refractivity contribution in [3.05, 3.63) is 32.4 Å². The average Bonchev–Trinajstić information content (AvgIpc) is 2.17. The number of nitriles is 1. The molecule has 1 aromatic rings. The van der Waals surface area contributed by atoms with E-state index in [1.165, 1.54) is 12.1 Å². The second-order valence-electron chi connectivity index (χ2n) is 2.52. The van der Waals surface area contributed by atoms with E-state index in [0.717, 1.165) is 0 Å². The molecule has 0 radical (unpaired) electrons. The Kier molecular flexibility index (Phi) is 3.19. The molecule has 70 valence electrons. The molecule has 0 unspecified atom stereocenters. The fourth-order valence-corrected chi connectivity index (χ4v) is 1.67. The number of amides is 1. The van der Waals surface area contributed by atoms with E-state index in [2.05, 4.69) is 0 Å². The molecule has 2 N–H and O–H groups in total. The predicted octanol–water partition coefficient (Wildman–Crippen LogP) is 1.07. The zero-order valence-corrected chi connectivity index (χ0v) is 9.11. The molecule has 0 fully saturated rings. The zero-order chi connectivity index (χ0) is 10.7. The van der Waals surface area contributed by atoms with Crippen LogP contribution < -0.4 is 5.73 Å². The minimum absolute atomic E-state index is 0.201. The standard InChI is InChI=1S/C9H5IN2O2/c10-8-6(3-11)1-5(4-13)2-7(8)9(12)14/h1-2,4H,(H2,12,14). The molecule has 0 aromatic heterocycles. The monoisotopic (exact) mass is 300 g/mol. The number of aldehydes is 1. The molecule has 0 heterocycles. The summed E-state index contributed by atoms with van der Waals surface area (Å²) in [6.45, 7) is 0. The summed E-state index contributed by atoms with van der Waals surface area (Å²) < 4.78 is 0.475. The number of nitrogens with two attached hydrogens (primary N) is 1. The Bertz CT molecular complexity index is 449. The maximum Gasteiger partial charge on any atom is 0.249 e. The number of nitrogens with zero attached hydrogens (tertiary/aromatic N) is 1. The lowest BCUT2D eigenvalue weighted by atomic mass is 10.1. The van der Waals surface area contributed by atoms with E-state index < -0.39 is 5.91 Å². The summed E-state index contributed by atoms with van der Waals surface area (Å²) in [5.74, 6) is -0.644. The Morgan fingerprint density at radius 3 is 2.64 bits per heavy atom. The van der Waals surface area contributed by atoms with Crippen molar-refractivity contribution in [1.82, 2.24) is 0 Å². The van der Waals surface area contributed by atoms with Crippen LogP contribution >= 0.6 is 22.6 Å². The van der Waals surface area contributed by atoms with Crippen LogP contribution in [0.5, 0.6) is 0 Å². The van der Waals surface area contributed by atoms with Gasteiger partial charge >= 0.3 is 0 Å². The normalized spacial score (nSPS) is 9.14. The smallest absolute Gasteiger partial charge is 0.249 e. The minimum atomic E-state index is -0.644. The first-order valence-electron chi connectivity index (χ1n) is 3.58. The van der Waals surface area contributed by atoms with Crippen LogP contribution in [0.15, 0.2) is 12.1 Å². The minimum Gasteiger partial charge on any atom is -0.366 e. The first-order chi connectivity index (χ1) is 6.60. The zero-order valence-electron chi connectivity index (χ0n) is 6.95. The van der Waals surface area contributed by atoms with E-state index in [1.807, 2.05) is 28.7 Å². The highest BCUT2D eigenvalue weighted by Crippen LogP contribution is 2.18.